The molecular weight excluding hydrogens is 238 g/mol. The van der Waals surface area contributed by atoms with E-state index in [1.54, 1.807) is 16.2 Å². The van der Waals surface area contributed by atoms with Gasteiger partial charge >= 0.3 is 5.97 Å². The molecule has 1 aromatic rings. The van der Waals surface area contributed by atoms with Crippen molar-refractivity contribution in [1.29, 1.82) is 0 Å². The Labute approximate surface area is 104 Å². The van der Waals surface area contributed by atoms with E-state index in [1.165, 1.54) is 10.4 Å². The van der Waals surface area contributed by atoms with Crippen molar-refractivity contribution < 1.29 is 14.7 Å². The molecule has 5 heteroatoms. The van der Waals surface area contributed by atoms with Crippen molar-refractivity contribution in [2.24, 2.45) is 5.92 Å². The van der Waals surface area contributed by atoms with Gasteiger partial charge in [0.2, 0.25) is 5.91 Å². The molecule has 1 atom stereocenters. The molecule has 1 aromatic heterocycles. The molecule has 0 saturated carbocycles. The van der Waals surface area contributed by atoms with Crippen LogP contribution >= 0.6 is 11.3 Å². The number of thiophene rings is 1. The van der Waals surface area contributed by atoms with Gasteiger partial charge in [0.05, 0.1) is 5.92 Å². The first kappa shape index (κ1) is 12.1. The number of carboxylic acids is 1. The Morgan fingerprint density at radius 1 is 1.65 bits per heavy atom. The summed E-state index contributed by atoms with van der Waals surface area (Å²) in [6.45, 7) is 3.04. The van der Waals surface area contributed by atoms with Gasteiger partial charge in [0.1, 0.15) is 0 Å². The van der Waals surface area contributed by atoms with Gasteiger partial charge in [-0.2, -0.15) is 0 Å². The van der Waals surface area contributed by atoms with Crippen LogP contribution in [0.1, 0.15) is 16.9 Å². The molecule has 1 fully saturated rings. The third kappa shape index (κ3) is 2.66. The Morgan fingerprint density at radius 3 is 2.94 bits per heavy atom. The van der Waals surface area contributed by atoms with Crippen LogP contribution in [-0.4, -0.2) is 35.0 Å². The number of hydrogen-bond donors (Lipinski definition) is 1. The third-order valence-electron chi connectivity index (χ3n) is 3.14. The summed E-state index contributed by atoms with van der Waals surface area (Å²) in [7, 11) is 0. The third-order valence-corrected chi connectivity index (χ3v) is 4.22. The first-order valence-corrected chi connectivity index (χ1v) is 6.49. The summed E-state index contributed by atoms with van der Waals surface area (Å²) in [5, 5.41) is 10.9. The second kappa shape index (κ2) is 4.87. The number of hydrogen-bond acceptors (Lipinski definition) is 3. The fourth-order valence-electron chi connectivity index (χ4n) is 2.05. The number of aryl methyl sites for hydroxylation is 1. The molecule has 0 aliphatic carbocycles. The second-order valence-electron chi connectivity index (χ2n) is 4.36. The molecule has 0 unspecified atom stereocenters. The van der Waals surface area contributed by atoms with Gasteiger partial charge in [-0.25, -0.2) is 0 Å². The van der Waals surface area contributed by atoms with Crippen LogP contribution in [-0.2, 0) is 16.0 Å². The lowest BCUT2D eigenvalue weighted by atomic mass is 10.1. The number of aliphatic carboxylic acids is 1. The molecule has 1 aliphatic heterocycles. The predicted molar refractivity (Wildman–Crippen MR) is 65.1 cm³/mol. The van der Waals surface area contributed by atoms with Crippen molar-refractivity contribution in [3.8, 4) is 0 Å². The average molecular weight is 253 g/mol. The first-order chi connectivity index (χ1) is 8.08. The minimum atomic E-state index is -0.867. The summed E-state index contributed by atoms with van der Waals surface area (Å²) in [5.41, 5.74) is 1.25. The van der Waals surface area contributed by atoms with Crippen LogP contribution in [0.3, 0.4) is 0 Å². The predicted octanol–water partition coefficient (Wildman–Crippen LogP) is 1.53. The SMILES string of the molecule is Cc1ccsc1CCN1C[C@@H](C(=O)O)CC1=O. The van der Waals surface area contributed by atoms with E-state index in [2.05, 4.69) is 13.0 Å². The standard InChI is InChI=1S/C12H15NO3S/c1-8-3-5-17-10(8)2-4-13-7-9(12(15)16)6-11(13)14/h3,5,9H,2,4,6-7H2,1H3,(H,15,16)/t9-/m0/s1. The molecule has 1 aliphatic rings. The summed E-state index contributed by atoms with van der Waals surface area (Å²) >= 11 is 1.69. The fraction of sp³-hybridized carbons (Fsp3) is 0.500. The van der Waals surface area contributed by atoms with E-state index in [0.717, 1.165) is 6.42 Å². The molecule has 92 valence electrons. The Morgan fingerprint density at radius 2 is 2.41 bits per heavy atom. The van der Waals surface area contributed by atoms with E-state index in [1.807, 2.05) is 5.38 Å². The van der Waals surface area contributed by atoms with Gasteiger partial charge in [-0.05, 0) is 30.4 Å². The lowest BCUT2D eigenvalue weighted by Crippen LogP contribution is -2.28. The monoisotopic (exact) mass is 253 g/mol. The van der Waals surface area contributed by atoms with Gasteiger partial charge in [-0.1, -0.05) is 0 Å². The van der Waals surface area contributed by atoms with Crippen LogP contribution in [0, 0.1) is 12.8 Å². The largest absolute Gasteiger partial charge is 0.481 e. The molecule has 4 nitrogen and oxygen atoms in total. The van der Waals surface area contributed by atoms with Crippen molar-refractivity contribution in [2.45, 2.75) is 19.8 Å². The Balaban J connectivity index is 1.90. The van der Waals surface area contributed by atoms with Crippen molar-refractivity contribution in [3.05, 3.63) is 21.9 Å². The van der Waals surface area contributed by atoms with Crippen molar-refractivity contribution in [3.63, 3.8) is 0 Å². The quantitative estimate of drug-likeness (QED) is 0.885. The van der Waals surface area contributed by atoms with E-state index >= 15 is 0 Å². The molecule has 17 heavy (non-hydrogen) atoms. The minimum Gasteiger partial charge on any atom is -0.481 e. The summed E-state index contributed by atoms with van der Waals surface area (Å²) in [6.07, 6.45) is 0.973. The Hall–Kier alpha value is -1.36. The lowest BCUT2D eigenvalue weighted by Gasteiger charge is -2.15. The number of carboxylic acid groups (broad SMARTS) is 1. The van der Waals surface area contributed by atoms with Crippen molar-refractivity contribution >= 4 is 23.2 Å². The molecule has 1 amide bonds. The highest BCUT2D eigenvalue weighted by atomic mass is 32.1. The molecule has 0 radical (unpaired) electrons. The smallest absolute Gasteiger partial charge is 0.308 e. The molecule has 0 bridgehead atoms. The molecule has 0 spiro atoms. The zero-order valence-electron chi connectivity index (χ0n) is 9.68. The number of carbonyl (C=O) groups excluding carboxylic acids is 1. The molecule has 2 rings (SSSR count). The van der Waals surface area contributed by atoms with Gasteiger partial charge < -0.3 is 10.0 Å². The maximum Gasteiger partial charge on any atom is 0.308 e. The van der Waals surface area contributed by atoms with Gasteiger partial charge in [-0.3, -0.25) is 9.59 Å². The summed E-state index contributed by atoms with van der Waals surface area (Å²) < 4.78 is 0. The maximum absolute atomic E-state index is 11.6. The zero-order valence-corrected chi connectivity index (χ0v) is 10.5. The van der Waals surface area contributed by atoms with E-state index in [4.69, 9.17) is 5.11 Å². The van der Waals surface area contributed by atoms with Gasteiger partial charge in [-0.15, -0.1) is 11.3 Å². The van der Waals surface area contributed by atoms with Crippen LogP contribution in [0.5, 0.6) is 0 Å². The highest BCUT2D eigenvalue weighted by Crippen LogP contribution is 2.21. The van der Waals surface area contributed by atoms with Crippen LogP contribution in [0.15, 0.2) is 11.4 Å². The molecule has 2 heterocycles. The number of carbonyl (C=O) groups is 2. The number of amides is 1. The van der Waals surface area contributed by atoms with Gasteiger partial charge in [0, 0.05) is 24.4 Å². The maximum atomic E-state index is 11.6. The number of rotatable bonds is 4. The van der Waals surface area contributed by atoms with E-state index in [-0.39, 0.29) is 12.3 Å². The van der Waals surface area contributed by atoms with E-state index < -0.39 is 11.9 Å². The molecular formula is C12H15NO3S. The van der Waals surface area contributed by atoms with Crippen LogP contribution in [0.25, 0.3) is 0 Å². The van der Waals surface area contributed by atoms with Crippen LogP contribution < -0.4 is 0 Å². The number of likely N-dealkylation sites (tertiary alicyclic amines) is 1. The Kier molecular flexibility index (Phi) is 3.47. The first-order valence-electron chi connectivity index (χ1n) is 5.61. The molecule has 1 N–H and O–H groups in total. The lowest BCUT2D eigenvalue weighted by molar-refractivity contribution is -0.141. The Bertz CT molecular complexity index is 441. The highest BCUT2D eigenvalue weighted by Gasteiger charge is 2.33. The average Bonchev–Trinajstić information content (AvgIpc) is 2.82. The van der Waals surface area contributed by atoms with Crippen LogP contribution in [0.2, 0.25) is 0 Å². The summed E-state index contributed by atoms with van der Waals surface area (Å²) in [5.74, 6) is -1.42. The normalized spacial score (nSPS) is 19.9. The zero-order chi connectivity index (χ0) is 12.4. The molecule has 1 saturated heterocycles. The van der Waals surface area contributed by atoms with Crippen LogP contribution in [0.4, 0.5) is 0 Å². The minimum absolute atomic E-state index is 0.0355. The topological polar surface area (TPSA) is 57.6 Å². The second-order valence-corrected chi connectivity index (χ2v) is 5.36. The van der Waals surface area contributed by atoms with E-state index in [0.29, 0.717) is 13.1 Å². The van der Waals surface area contributed by atoms with Gasteiger partial charge in [0.15, 0.2) is 0 Å². The highest BCUT2D eigenvalue weighted by molar-refractivity contribution is 7.10. The fourth-order valence-corrected chi connectivity index (χ4v) is 2.95. The van der Waals surface area contributed by atoms with E-state index in [9.17, 15) is 9.59 Å². The van der Waals surface area contributed by atoms with Crippen molar-refractivity contribution in [2.75, 3.05) is 13.1 Å². The van der Waals surface area contributed by atoms with Crippen molar-refractivity contribution in [1.82, 2.24) is 4.90 Å². The van der Waals surface area contributed by atoms with Gasteiger partial charge in [0.25, 0.3) is 0 Å². The summed E-state index contributed by atoms with van der Waals surface area (Å²) in [6, 6.07) is 2.06. The summed E-state index contributed by atoms with van der Waals surface area (Å²) in [4.78, 5) is 25.3. The number of nitrogens with zero attached hydrogens (tertiary/aromatic N) is 1. The molecule has 0 aromatic carbocycles.